The lowest BCUT2D eigenvalue weighted by Crippen LogP contribution is -2.14. The van der Waals surface area contributed by atoms with E-state index in [1.54, 1.807) is 41.1 Å². The fourth-order valence-electron chi connectivity index (χ4n) is 2.79. The third kappa shape index (κ3) is 4.38. The molecule has 0 aliphatic carbocycles. The number of esters is 1. The van der Waals surface area contributed by atoms with Gasteiger partial charge in [-0.25, -0.2) is 9.48 Å². The summed E-state index contributed by atoms with van der Waals surface area (Å²) in [5.41, 5.74) is 1.41. The molecule has 0 N–H and O–H groups in total. The minimum Gasteiger partial charge on any atom is -0.496 e. The first-order valence-corrected chi connectivity index (χ1v) is 9.42. The lowest BCUT2D eigenvalue weighted by atomic mass is 9.93. The van der Waals surface area contributed by atoms with E-state index in [4.69, 9.17) is 25.8 Å². The molecule has 0 atom stereocenters. The van der Waals surface area contributed by atoms with Crippen molar-refractivity contribution in [1.82, 2.24) is 9.78 Å². The van der Waals surface area contributed by atoms with Gasteiger partial charge < -0.3 is 14.2 Å². The number of aromatic nitrogens is 2. The molecule has 0 saturated heterocycles. The molecule has 3 rings (SSSR count). The predicted molar refractivity (Wildman–Crippen MR) is 112 cm³/mol. The summed E-state index contributed by atoms with van der Waals surface area (Å²) in [6.45, 7) is 6.10. The van der Waals surface area contributed by atoms with Gasteiger partial charge in [-0.05, 0) is 30.3 Å². The molecule has 1 heterocycles. The summed E-state index contributed by atoms with van der Waals surface area (Å²) < 4.78 is 17.9. The van der Waals surface area contributed by atoms with Crippen molar-refractivity contribution in [2.45, 2.75) is 26.2 Å². The van der Waals surface area contributed by atoms with Gasteiger partial charge in [0, 0.05) is 16.5 Å². The van der Waals surface area contributed by atoms with E-state index in [2.05, 4.69) is 5.10 Å². The summed E-state index contributed by atoms with van der Waals surface area (Å²) in [5, 5.41) is 5.20. The second kappa shape index (κ2) is 8.17. The quantitative estimate of drug-likeness (QED) is 0.546. The van der Waals surface area contributed by atoms with Crippen LogP contribution in [0.2, 0.25) is 5.02 Å². The smallest absolute Gasteiger partial charge is 0.352 e. The van der Waals surface area contributed by atoms with Gasteiger partial charge in [0.25, 0.3) is 0 Å². The Morgan fingerprint density at radius 1 is 1.00 bits per heavy atom. The molecule has 0 unspecified atom stereocenters. The largest absolute Gasteiger partial charge is 0.496 e. The molecule has 0 aliphatic heterocycles. The summed E-state index contributed by atoms with van der Waals surface area (Å²) in [5.74, 6) is 0.386. The van der Waals surface area contributed by atoms with Crippen molar-refractivity contribution in [2.75, 3.05) is 14.2 Å². The molecule has 2 aromatic carbocycles. The maximum Gasteiger partial charge on any atom is 0.352 e. The molecule has 3 aromatic rings. The first kappa shape index (κ1) is 20.7. The van der Waals surface area contributed by atoms with Crippen LogP contribution in [-0.4, -0.2) is 30.0 Å². The summed E-state index contributed by atoms with van der Waals surface area (Å²) in [6, 6.07) is 14.0. The number of ether oxygens (including phenoxy) is 3. The van der Waals surface area contributed by atoms with Crippen LogP contribution in [0.15, 0.2) is 48.5 Å². The lowest BCUT2D eigenvalue weighted by molar-refractivity contribution is 0.0716. The van der Waals surface area contributed by atoms with E-state index in [9.17, 15) is 4.79 Å². The molecule has 0 fully saturated rings. The van der Waals surface area contributed by atoms with Crippen molar-refractivity contribution in [2.24, 2.45) is 0 Å². The average molecular weight is 415 g/mol. The first-order valence-electron chi connectivity index (χ1n) is 9.04. The zero-order valence-corrected chi connectivity index (χ0v) is 17.8. The lowest BCUT2D eigenvalue weighted by Gasteiger charge is -2.13. The van der Waals surface area contributed by atoms with E-state index < -0.39 is 5.97 Å². The van der Waals surface area contributed by atoms with Gasteiger partial charge in [0.2, 0.25) is 5.88 Å². The SMILES string of the molecule is COc1cccc(OC)c1C(=O)Oc1cc(C(C)(C)C)nn1-c1cccc(Cl)c1. The van der Waals surface area contributed by atoms with Gasteiger partial charge in [-0.15, -0.1) is 0 Å². The van der Waals surface area contributed by atoms with Gasteiger partial charge >= 0.3 is 5.97 Å². The summed E-state index contributed by atoms with van der Waals surface area (Å²) in [4.78, 5) is 13.0. The number of nitrogens with zero attached hydrogens (tertiary/aromatic N) is 2. The molecular weight excluding hydrogens is 392 g/mol. The second-order valence-corrected chi connectivity index (χ2v) is 7.87. The van der Waals surface area contributed by atoms with Gasteiger partial charge in [0.15, 0.2) is 0 Å². The Balaban J connectivity index is 2.07. The molecule has 152 valence electrons. The fraction of sp³-hybridized carbons (Fsp3) is 0.273. The number of halogens is 1. The monoisotopic (exact) mass is 414 g/mol. The molecule has 6 nitrogen and oxygen atoms in total. The molecule has 0 aliphatic rings. The van der Waals surface area contributed by atoms with Crippen molar-refractivity contribution in [3.8, 4) is 23.1 Å². The van der Waals surface area contributed by atoms with Crippen LogP contribution in [0.4, 0.5) is 0 Å². The summed E-state index contributed by atoms with van der Waals surface area (Å²) >= 11 is 6.14. The standard InChI is InChI=1S/C22H23ClN2O4/c1-22(2,3)18-13-19(25(24-18)15-9-6-8-14(23)12-15)29-21(26)20-16(27-4)10-7-11-17(20)28-5/h6-13H,1-5H3. The van der Waals surface area contributed by atoms with Crippen LogP contribution >= 0.6 is 11.6 Å². The van der Waals surface area contributed by atoms with Crippen LogP contribution in [-0.2, 0) is 5.41 Å². The summed E-state index contributed by atoms with van der Waals surface area (Å²) in [6.07, 6.45) is 0. The highest BCUT2D eigenvalue weighted by Crippen LogP contribution is 2.32. The maximum atomic E-state index is 13.0. The van der Waals surface area contributed by atoms with Crippen LogP contribution in [0.1, 0.15) is 36.8 Å². The number of rotatable bonds is 5. The van der Waals surface area contributed by atoms with Crippen molar-refractivity contribution >= 4 is 17.6 Å². The molecule has 7 heteroatoms. The van der Waals surface area contributed by atoms with Crippen LogP contribution in [0.25, 0.3) is 5.69 Å². The van der Waals surface area contributed by atoms with Crippen LogP contribution in [0.5, 0.6) is 17.4 Å². The van der Waals surface area contributed by atoms with Crippen molar-refractivity contribution in [3.63, 3.8) is 0 Å². The molecule has 0 radical (unpaired) electrons. The van der Waals surface area contributed by atoms with E-state index in [-0.39, 0.29) is 16.9 Å². The zero-order chi connectivity index (χ0) is 21.2. The Labute approximate surface area is 175 Å². The number of carbonyl (C=O) groups excluding carboxylic acids is 1. The van der Waals surface area contributed by atoms with Gasteiger partial charge in [0.1, 0.15) is 17.1 Å². The Morgan fingerprint density at radius 3 is 2.17 bits per heavy atom. The Bertz CT molecular complexity index is 1020. The Kier molecular flexibility index (Phi) is 5.84. The highest BCUT2D eigenvalue weighted by atomic mass is 35.5. The van der Waals surface area contributed by atoms with E-state index in [0.29, 0.717) is 22.2 Å². The molecule has 0 spiro atoms. The van der Waals surface area contributed by atoms with E-state index in [1.807, 2.05) is 32.9 Å². The van der Waals surface area contributed by atoms with Crippen LogP contribution < -0.4 is 14.2 Å². The van der Waals surface area contributed by atoms with E-state index >= 15 is 0 Å². The second-order valence-electron chi connectivity index (χ2n) is 7.44. The average Bonchev–Trinajstić information content (AvgIpc) is 3.11. The molecule has 0 bridgehead atoms. The van der Waals surface area contributed by atoms with Crippen LogP contribution in [0, 0.1) is 0 Å². The van der Waals surface area contributed by atoms with Crippen molar-refractivity contribution < 1.29 is 19.0 Å². The maximum absolute atomic E-state index is 13.0. The van der Waals surface area contributed by atoms with Crippen LogP contribution in [0.3, 0.4) is 0 Å². The number of methoxy groups -OCH3 is 2. The fourth-order valence-corrected chi connectivity index (χ4v) is 2.98. The van der Waals surface area contributed by atoms with Gasteiger partial charge in [0.05, 0.1) is 25.6 Å². The highest BCUT2D eigenvalue weighted by molar-refractivity contribution is 6.30. The van der Waals surface area contributed by atoms with Gasteiger partial charge in [-0.3, -0.25) is 0 Å². The number of carbonyl (C=O) groups is 1. The third-order valence-electron chi connectivity index (χ3n) is 4.33. The van der Waals surface area contributed by atoms with Crippen molar-refractivity contribution in [3.05, 3.63) is 64.8 Å². The Morgan fingerprint density at radius 2 is 1.62 bits per heavy atom. The van der Waals surface area contributed by atoms with Crippen molar-refractivity contribution in [1.29, 1.82) is 0 Å². The predicted octanol–water partition coefficient (Wildman–Crippen LogP) is 5.06. The first-order chi connectivity index (χ1) is 13.7. The normalized spacial score (nSPS) is 11.2. The number of hydrogen-bond donors (Lipinski definition) is 0. The topological polar surface area (TPSA) is 62.6 Å². The van der Waals surface area contributed by atoms with Gasteiger partial charge in [-0.1, -0.05) is 44.5 Å². The minimum absolute atomic E-state index is 0.202. The summed E-state index contributed by atoms with van der Waals surface area (Å²) in [7, 11) is 2.97. The third-order valence-corrected chi connectivity index (χ3v) is 4.56. The molecular formula is C22H23ClN2O4. The Hall–Kier alpha value is -2.99. The number of benzene rings is 2. The van der Waals surface area contributed by atoms with Gasteiger partial charge in [-0.2, -0.15) is 5.10 Å². The molecule has 0 amide bonds. The zero-order valence-electron chi connectivity index (χ0n) is 17.0. The minimum atomic E-state index is -0.608. The molecule has 1 aromatic heterocycles. The highest BCUT2D eigenvalue weighted by Gasteiger charge is 2.26. The molecule has 0 saturated carbocycles. The van der Waals surface area contributed by atoms with E-state index in [1.165, 1.54) is 14.2 Å². The molecule has 29 heavy (non-hydrogen) atoms. The number of hydrogen-bond acceptors (Lipinski definition) is 5. The van der Waals surface area contributed by atoms with E-state index in [0.717, 1.165) is 5.69 Å².